The van der Waals surface area contributed by atoms with E-state index in [1.54, 1.807) is 12.1 Å². The van der Waals surface area contributed by atoms with Crippen LogP contribution < -0.4 is 10.5 Å². The number of nitrogens with two attached hydrogens (primary N) is 1. The lowest BCUT2D eigenvalue weighted by molar-refractivity contribution is -0.155. The van der Waals surface area contributed by atoms with E-state index in [0.29, 0.717) is 18.0 Å². The van der Waals surface area contributed by atoms with Gasteiger partial charge in [0, 0.05) is 6.61 Å². The van der Waals surface area contributed by atoms with Gasteiger partial charge in [-0.2, -0.15) is 0 Å². The first kappa shape index (κ1) is 13.7. The molecule has 5 heteroatoms. The topological polar surface area (TPSA) is 70.8 Å². The third-order valence-electron chi connectivity index (χ3n) is 2.90. The average Bonchev–Trinajstić information content (AvgIpc) is 2.42. The monoisotopic (exact) mass is 265 g/mol. The number of rotatable bonds is 5. The summed E-state index contributed by atoms with van der Waals surface area (Å²) in [5.74, 6) is 0.335. The first-order chi connectivity index (χ1) is 9.25. The number of ether oxygens (including phenoxy) is 3. The van der Waals surface area contributed by atoms with Crippen molar-refractivity contribution >= 4 is 11.7 Å². The van der Waals surface area contributed by atoms with Crippen LogP contribution in [0.2, 0.25) is 0 Å². The molecule has 1 aromatic rings. The number of esters is 1. The highest BCUT2D eigenvalue weighted by atomic mass is 16.6. The molecule has 2 rings (SSSR count). The Hall–Kier alpha value is -1.75. The number of benzene rings is 1. The number of nitrogen functional groups attached to an aromatic ring is 1. The smallest absolute Gasteiger partial charge is 0.309 e. The van der Waals surface area contributed by atoms with Crippen LogP contribution in [0.5, 0.6) is 5.75 Å². The maximum atomic E-state index is 11.6. The predicted molar refractivity (Wildman–Crippen MR) is 70.9 cm³/mol. The van der Waals surface area contributed by atoms with Crippen LogP contribution in [-0.2, 0) is 14.3 Å². The molecule has 1 aliphatic heterocycles. The normalized spacial score (nSPS) is 18.8. The Morgan fingerprint density at radius 1 is 1.42 bits per heavy atom. The van der Waals surface area contributed by atoms with Gasteiger partial charge in [0.25, 0.3) is 0 Å². The van der Waals surface area contributed by atoms with E-state index in [2.05, 4.69) is 0 Å². The minimum atomic E-state index is -0.259. The molecule has 0 saturated carbocycles. The van der Waals surface area contributed by atoms with Gasteiger partial charge in [-0.05, 0) is 25.0 Å². The quantitative estimate of drug-likeness (QED) is 0.649. The van der Waals surface area contributed by atoms with E-state index >= 15 is 0 Å². The third-order valence-corrected chi connectivity index (χ3v) is 2.90. The summed E-state index contributed by atoms with van der Waals surface area (Å²) in [4.78, 5) is 11.6. The van der Waals surface area contributed by atoms with Gasteiger partial charge in [0.15, 0.2) is 0 Å². The minimum Gasteiger partial charge on any atom is -0.491 e. The summed E-state index contributed by atoms with van der Waals surface area (Å²) in [6, 6.07) is 7.20. The van der Waals surface area contributed by atoms with Gasteiger partial charge in [0.2, 0.25) is 0 Å². The Morgan fingerprint density at radius 3 is 3.00 bits per heavy atom. The van der Waals surface area contributed by atoms with Gasteiger partial charge < -0.3 is 19.9 Å². The van der Waals surface area contributed by atoms with E-state index in [1.807, 2.05) is 12.1 Å². The zero-order chi connectivity index (χ0) is 13.5. The van der Waals surface area contributed by atoms with Gasteiger partial charge in [-0.1, -0.05) is 12.1 Å². The van der Waals surface area contributed by atoms with Gasteiger partial charge in [-0.3, -0.25) is 4.79 Å². The molecule has 1 saturated heterocycles. The molecular formula is C14H19NO4. The number of hydrogen-bond acceptors (Lipinski definition) is 5. The molecule has 0 aromatic heterocycles. The molecule has 1 heterocycles. The molecule has 0 radical (unpaired) electrons. The van der Waals surface area contributed by atoms with E-state index in [-0.39, 0.29) is 25.1 Å². The average molecular weight is 265 g/mol. The maximum absolute atomic E-state index is 11.6. The number of carbonyl (C=O) groups excluding carboxylic acids is 1. The van der Waals surface area contributed by atoms with Crippen molar-refractivity contribution in [3.63, 3.8) is 0 Å². The summed E-state index contributed by atoms with van der Waals surface area (Å²) >= 11 is 0. The molecule has 1 fully saturated rings. The molecule has 0 bridgehead atoms. The molecule has 1 unspecified atom stereocenters. The molecular weight excluding hydrogens is 246 g/mol. The molecule has 104 valence electrons. The maximum Gasteiger partial charge on any atom is 0.309 e. The Balaban J connectivity index is 1.67. The summed E-state index contributed by atoms with van der Waals surface area (Å²) in [6.45, 7) is 1.52. The lowest BCUT2D eigenvalue weighted by Crippen LogP contribution is -2.28. The zero-order valence-corrected chi connectivity index (χ0v) is 10.8. The van der Waals surface area contributed by atoms with Crippen LogP contribution in [-0.4, -0.2) is 31.9 Å². The lowest BCUT2D eigenvalue weighted by atomic mass is 10.2. The number of hydrogen-bond donors (Lipinski definition) is 1. The van der Waals surface area contributed by atoms with Crippen LogP contribution in [0, 0.1) is 0 Å². The highest BCUT2D eigenvalue weighted by Crippen LogP contribution is 2.19. The van der Waals surface area contributed by atoms with Crippen molar-refractivity contribution in [1.82, 2.24) is 0 Å². The Bertz CT molecular complexity index is 416. The molecule has 19 heavy (non-hydrogen) atoms. The van der Waals surface area contributed by atoms with Crippen LogP contribution in [0.15, 0.2) is 24.3 Å². The number of para-hydroxylation sites is 2. The Labute approximate surface area is 112 Å². The van der Waals surface area contributed by atoms with E-state index in [1.165, 1.54) is 0 Å². The second kappa shape index (κ2) is 6.99. The van der Waals surface area contributed by atoms with Crippen LogP contribution >= 0.6 is 0 Å². The van der Waals surface area contributed by atoms with Crippen molar-refractivity contribution in [2.75, 3.05) is 25.6 Å². The van der Waals surface area contributed by atoms with E-state index in [9.17, 15) is 4.79 Å². The van der Waals surface area contributed by atoms with Gasteiger partial charge in [0.05, 0.1) is 25.3 Å². The SMILES string of the molecule is Nc1ccccc1OCCC(=O)OC1CCCOC1. The minimum absolute atomic E-state index is 0.108. The lowest BCUT2D eigenvalue weighted by Gasteiger charge is -2.22. The molecule has 2 N–H and O–H groups in total. The summed E-state index contributed by atoms with van der Waals surface area (Å²) in [7, 11) is 0. The van der Waals surface area contributed by atoms with Gasteiger partial charge in [-0.15, -0.1) is 0 Å². The van der Waals surface area contributed by atoms with Crippen molar-refractivity contribution in [2.45, 2.75) is 25.4 Å². The second-order valence-corrected chi connectivity index (χ2v) is 4.47. The fourth-order valence-corrected chi connectivity index (χ4v) is 1.91. The number of anilines is 1. The second-order valence-electron chi connectivity index (χ2n) is 4.47. The van der Waals surface area contributed by atoms with Crippen molar-refractivity contribution in [1.29, 1.82) is 0 Å². The van der Waals surface area contributed by atoms with Crippen molar-refractivity contribution in [2.24, 2.45) is 0 Å². The molecule has 1 aromatic carbocycles. The van der Waals surface area contributed by atoms with Crippen LogP contribution in [0.25, 0.3) is 0 Å². The summed E-state index contributed by atoms with van der Waals surface area (Å²) < 4.78 is 16.0. The van der Waals surface area contributed by atoms with E-state index < -0.39 is 0 Å². The van der Waals surface area contributed by atoms with Crippen LogP contribution in [0.4, 0.5) is 5.69 Å². The summed E-state index contributed by atoms with van der Waals surface area (Å²) in [5.41, 5.74) is 6.30. The number of carbonyl (C=O) groups is 1. The predicted octanol–water partition coefficient (Wildman–Crippen LogP) is 1.76. The van der Waals surface area contributed by atoms with Gasteiger partial charge in [-0.25, -0.2) is 0 Å². The molecule has 0 aliphatic carbocycles. The first-order valence-corrected chi connectivity index (χ1v) is 6.50. The molecule has 5 nitrogen and oxygen atoms in total. The van der Waals surface area contributed by atoms with Crippen molar-refractivity contribution in [3.05, 3.63) is 24.3 Å². The third kappa shape index (κ3) is 4.44. The zero-order valence-electron chi connectivity index (χ0n) is 10.8. The molecule has 1 atom stereocenters. The van der Waals surface area contributed by atoms with Crippen molar-refractivity contribution < 1.29 is 19.0 Å². The van der Waals surface area contributed by atoms with E-state index in [4.69, 9.17) is 19.9 Å². The van der Waals surface area contributed by atoms with E-state index in [0.717, 1.165) is 19.4 Å². The fourth-order valence-electron chi connectivity index (χ4n) is 1.91. The molecule has 0 amide bonds. The van der Waals surface area contributed by atoms with Gasteiger partial charge in [0.1, 0.15) is 11.9 Å². The Morgan fingerprint density at radius 2 is 2.26 bits per heavy atom. The first-order valence-electron chi connectivity index (χ1n) is 6.50. The standard InChI is InChI=1S/C14H19NO4/c15-12-5-1-2-6-13(12)18-9-7-14(16)19-11-4-3-8-17-10-11/h1-2,5-6,11H,3-4,7-10,15H2. The van der Waals surface area contributed by atoms with Crippen LogP contribution in [0.1, 0.15) is 19.3 Å². The largest absolute Gasteiger partial charge is 0.491 e. The summed E-state index contributed by atoms with van der Waals surface area (Å²) in [6.07, 6.45) is 1.92. The molecule has 1 aliphatic rings. The van der Waals surface area contributed by atoms with Crippen molar-refractivity contribution in [3.8, 4) is 5.75 Å². The molecule has 0 spiro atoms. The highest BCUT2D eigenvalue weighted by molar-refractivity contribution is 5.69. The highest BCUT2D eigenvalue weighted by Gasteiger charge is 2.18. The van der Waals surface area contributed by atoms with Crippen LogP contribution in [0.3, 0.4) is 0 Å². The van der Waals surface area contributed by atoms with Gasteiger partial charge >= 0.3 is 5.97 Å². The fraction of sp³-hybridized carbons (Fsp3) is 0.500. The summed E-state index contributed by atoms with van der Waals surface area (Å²) in [5, 5.41) is 0. The Kier molecular flexibility index (Phi) is 5.03.